The van der Waals surface area contributed by atoms with Crippen LogP contribution in [0.3, 0.4) is 0 Å². The van der Waals surface area contributed by atoms with Crippen LogP contribution in [-0.4, -0.2) is 43.1 Å². The van der Waals surface area contributed by atoms with Crippen molar-refractivity contribution in [3.8, 4) is 17.3 Å². The number of imidazole rings is 1. The van der Waals surface area contributed by atoms with Crippen LogP contribution in [0.2, 0.25) is 0 Å². The molecule has 7 heteroatoms. The second-order valence-electron chi connectivity index (χ2n) is 9.23. The molecule has 4 aromatic rings. The second-order valence-corrected chi connectivity index (χ2v) is 9.23. The number of benzene rings is 2. The molecule has 7 nitrogen and oxygen atoms in total. The van der Waals surface area contributed by atoms with Crippen molar-refractivity contribution in [1.82, 2.24) is 19.0 Å². The Morgan fingerprint density at radius 2 is 1.57 bits per heavy atom. The van der Waals surface area contributed by atoms with E-state index in [-0.39, 0.29) is 23.6 Å². The molecule has 2 aliphatic heterocycles. The van der Waals surface area contributed by atoms with Crippen LogP contribution in [0.5, 0.6) is 5.75 Å². The fourth-order valence-electron chi connectivity index (χ4n) is 5.54. The van der Waals surface area contributed by atoms with Crippen LogP contribution in [0.15, 0.2) is 83.9 Å². The lowest BCUT2D eigenvalue weighted by Gasteiger charge is -2.36. The SMILES string of the molecule is O=C(c1cnc2n1C[C@H](C(c1ccccc1)c1ccccc1)n1ccc(=O)c(O)c1-2)N1CCCC1. The molecular formula is C28H26N4O3. The van der Waals surface area contributed by atoms with Crippen LogP contribution in [0.1, 0.15) is 46.4 Å². The van der Waals surface area contributed by atoms with Crippen molar-refractivity contribution < 1.29 is 9.90 Å². The zero-order chi connectivity index (χ0) is 23.9. The third-order valence-electron chi connectivity index (χ3n) is 7.21. The molecule has 1 atom stereocenters. The number of fused-ring (bicyclic) bond motifs is 3. The number of aromatic hydroxyl groups is 1. The van der Waals surface area contributed by atoms with E-state index in [9.17, 15) is 14.7 Å². The van der Waals surface area contributed by atoms with Gasteiger partial charge in [0.25, 0.3) is 5.91 Å². The Balaban J connectivity index is 1.56. The summed E-state index contributed by atoms with van der Waals surface area (Å²) in [6, 6.07) is 21.6. The van der Waals surface area contributed by atoms with E-state index in [2.05, 4.69) is 29.2 Å². The first-order valence-electron chi connectivity index (χ1n) is 12.0. The molecule has 0 saturated carbocycles. The molecule has 2 aliphatic rings. The van der Waals surface area contributed by atoms with E-state index in [1.165, 1.54) is 6.07 Å². The number of hydrogen-bond donors (Lipinski definition) is 1. The molecule has 0 aliphatic carbocycles. The summed E-state index contributed by atoms with van der Waals surface area (Å²) in [5.74, 6) is -0.0338. The van der Waals surface area contributed by atoms with Crippen molar-refractivity contribution in [3.63, 3.8) is 0 Å². The highest BCUT2D eigenvalue weighted by molar-refractivity contribution is 5.93. The van der Waals surface area contributed by atoms with Gasteiger partial charge in [-0.15, -0.1) is 0 Å². The minimum atomic E-state index is -0.463. The Morgan fingerprint density at radius 1 is 0.943 bits per heavy atom. The normalized spacial score (nSPS) is 16.8. The lowest BCUT2D eigenvalue weighted by Crippen LogP contribution is -2.34. The van der Waals surface area contributed by atoms with Crippen molar-refractivity contribution in [2.45, 2.75) is 31.3 Å². The van der Waals surface area contributed by atoms with Crippen LogP contribution < -0.4 is 5.43 Å². The minimum absolute atomic E-state index is 0.0535. The Bertz CT molecular complexity index is 1400. The molecule has 1 fully saturated rings. The first kappa shape index (κ1) is 21.4. The van der Waals surface area contributed by atoms with Gasteiger partial charge in [-0.1, -0.05) is 60.7 Å². The van der Waals surface area contributed by atoms with Gasteiger partial charge >= 0.3 is 0 Å². The first-order chi connectivity index (χ1) is 17.1. The van der Waals surface area contributed by atoms with E-state index >= 15 is 0 Å². The maximum Gasteiger partial charge on any atom is 0.272 e. The molecule has 0 unspecified atom stereocenters. The second kappa shape index (κ2) is 8.58. The van der Waals surface area contributed by atoms with Crippen molar-refractivity contribution in [2.24, 2.45) is 0 Å². The van der Waals surface area contributed by atoms with Gasteiger partial charge in [0.2, 0.25) is 5.43 Å². The van der Waals surface area contributed by atoms with Crippen molar-refractivity contribution in [2.75, 3.05) is 13.1 Å². The van der Waals surface area contributed by atoms with E-state index in [0.29, 0.717) is 23.8 Å². The number of carbonyl (C=O) groups is 1. The fraction of sp³-hybridized carbons (Fsp3) is 0.250. The zero-order valence-electron chi connectivity index (χ0n) is 19.2. The molecule has 2 aromatic heterocycles. The Morgan fingerprint density at radius 3 is 2.20 bits per heavy atom. The molecule has 0 radical (unpaired) electrons. The Labute approximate surface area is 202 Å². The van der Waals surface area contributed by atoms with Gasteiger partial charge in [-0.2, -0.15) is 0 Å². The molecule has 2 aromatic carbocycles. The van der Waals surface area contributed by atoms with Gasteiger partial charge in [-0.25, -0.2) is 4.98 Å². The van der Waals surface area contributed by atoms with Crippen LogP contribution in [0.4, 0.5) is 0 Å². The number of aromatic nitrogens is 3. The number of nitrogens with zero attached hydrogens (tertiary/aromatic N) is 4. The smallest absolute Gasteiger partial charge is 0.272 e. The molecule has 4 heterocycles. The van der Waals surface area contributed by atoms with Gasteiger partial charge < -0.3 is 19.1 Å². The molecule has 6 rings (SSSR count). The zero-order valence-corrected chi connectivity index (χ0v) is 19.2. The average Bonchev–Trinajstić information content (AvgIpc) is 3.58. The summed E-state index contributed by atoms with van der Waals surface area (Å²) in [5.41, 5.74) is 2.61. The monoisotopic (exact) mass is 466 g/mol. The maximum absolute atomic E-state index is 13.4. The molecular weight excluding hydrogens is 440 g/mol. The van der Waals surface area contributed by atoms with Gasteiger partial charge in [-0.3, -0.25) is 9.59 Å². The van der Waals surface area contributed by atoms with Crippen LogP contribution in [-0.2, 0) is 6.54 Å². The predicted octanol–water partition coefficient (Wildman–Crippen LogP) is 4.04. The van der Waals surface area contributed by atoms with Crippen molar-refractivity contribution >= 4 is 5.91 Å². The topological polar surface area (TPSA) is 80.4 Å². The summed E-state index contributed by atoms with van der Waals surface area (Å²) in [7, 11) is 0. The summed E-state index contributed by atoms with van der Waals surface area (Å²) in [6.07, 6.45) is 5.32. The number of pyridine rings is 1. The largest absolute Gasteiger partial charge is 0.503 e. The molecule has 176 valence electrons. The van der Waals surface area contributed by atoms with Gasteiger partial charge in [0.15, 0.2) is 11.6 Å². The quantitative estimate of drug-likeness (QED) is 0.492. The summed E-state index contributed by atoms with van der Waals surface area (Å²) in [6.45, 7) is 1.95. The summed E-state index contributed by atoms with van der Waals surface area (Å²) < 4.78 is 3.84. The standard InChI is InChI=1S/C28H26N4O3/c33-23-13-16-31-22(24(19-9-3-1-4-10-19)20-11-5-2-6-12-20)18-32-21(28(35)30-14-7-8-15-30)17-29-27(32)25(31)26(23)34/h1-6,9-13,16-17,22,24,34H,7-8,14-15,18H2/t22-/m1/s1. The summed E-state index contributed by atoms with van der Waals surface area (Å²) >= 11 is 0. The van der Waals surface area contributed by atoms with Crippen molar-refractivity contribution in [1.29, 1.82) is 0 Å². The van der Waals surface area contributed by atoms with Crippen LogP contribution >= 0.6 is 0 Å². The summed E-state index contributed by atoms with van der Waals surface area (Å²) in [5, 5.41) is 10.9. The van der Waals surface area contributed by atoms with E-state index in [0.717, 1.165) is 37.1 Å². The number of amides is 1. The van der Waals surface area contributed by atoms with E-state index in [4.69, 9.17) is 0 Å². The van der Waals surface area contributed by atoms with Gasteiger partial charge in [0, 0.05) is 37.8 Å². The highest BCUT2D eigenvalue weighted by atomic mass is 16.3. The first-order valence-corrected chi connectivity index (χ1v) is 12.0. The molecule has 1 saturated heterocycles. The highest BCUT2D eigenvalue weighted by Gasteiger charge is 2.37. The third-order valence-corrected chi connectivity index (χ3v) is 7.21. The Kier molecular flexibility index (Phi) is 5.25. The highest BCUT2D eigenvalue weighted by Crippen LogP contribution is 2.43. The maximum atomic E-state index is 13.4. The Hall–Kier alpha value is -4.13. The molecule has 1 N–H and O–H groups in total. The molecule has 0 spiro atoms. The van der Waals surface area contributed by atoms with Crippen molar-refractivity contribution in [3.05, 3.63) is 106 Å². The summed E-state index contributed by atoms with van der Waals surface area (Å²) in [4.78, 5) is 32.3. The lowest BCUT2D eigenvalue weighted by molar-refractivity contribution is 0.0780. The van der Waals surface area contributed by atoms with Crippen LogP contribution in [0, 0.1) is 0 Å². The number of rotatable bonds is 4. The van der Waals surface area contributed by atoms with E-state index in [1.54, 1.807) is 12.4 Å². The number of hydrogen-bond acceptors (Lipinski definition) is 4. The number of carbonyl (C=O) groups excluding carboxylic acids is 1. The van der Waals surface area contributed by atoms with Gasteiger partial charge in [0.05, 0.1) is 12.2 Å². The van der Waals surface area contributed by atoms with Gasteiger partial charge in [-0.05, 0) is 24.0 Å². The molecule has 35 heavy (non-hydrogen) atoms. The molecule has 1 amide bonds. The average molecular weight is 467 g/mol. The van der Waals surface area contributed by atoms with E-state index < -0.39 is 5.43 Å². The molecule has 0 bridgehead atoms. The predicted molar refractivity (Wildman–Crippen MR) is 132 cm³/mol. The van der Waals surface area contributed by atoms with Gasteiger partial charge in [0.1, 0.15) is 11.4 Å². The minimum Gasteiger partial charge on any atom is -0.503 e. The lowest BCUT2D eigenvalue weighted by atomic mass is 9.83. The third kappa shape index (κ3) is 3.55. The van der Waals surface area contributed by atoms with E-state index in [1.807, 2.05) is 50.4 Å². The fourth-order valence-corrected chi connectivity index (χ4v) is 5.54. The number of likely N-dealkylation sites (tertiary alicyclic amines) is 1. The van der Waals surface area contributed by atoms with Crippen LogP contribution in [0.25, 0.3) is 11.5 Å².